The molecule has 0 aliphatic rings. The van der Waals surface area contributed by atoms with Crippen molar-refractivity contribution in [1.29, 1.82) is 0 Å². The van der Waals surface area contributed by atoms with Crippen LogP contribution in [0.15, 0.2) is 24.3 Å². The van der Waals surface area contributed by atoms with Crippen molar-refractivity contribution < 1.29 is 0 Å². The molecule has 0 aliphatic heterocycles. The predicted octanol–water partition coefficient (Wildman–Crippen LogP) is 5.79. The molecule has 1 heteroatoms. The molecule has 0 spiro atoms. The minimum Gasteiger partial charge on any atom is -0.310 e. The maximum Gasteiger partial charge on any atom is 0.0291 e. The van der Waals surface area contributed by atoms with Crippen LogP contribution in [0, 0.1) is 6.92 Å². The van der Waals surface area contributed by atoms with Gasteiger partial charge in [-0.05, 0) is 32.4 Å². The first-order valence-electron chi connectivity index (χ1n) is 8.54. The van der Waals surface area contributed by atoms with Crippen LogP contribution in [0.3, 0.4) is 0 Å². The fourth-order valence-corrected chi connectivity index (χ4v) is 2.63. The summed E-state index contributed by atoms with van der Waals surface area (Å²) in [6, 6.07) is 9.29. The number of unbranched alkanes of at least 4 members (excludes halogenated alkanes) is 7. The highest BCUT2D eigenvalue weighted by Gasteiger charge is 2.03. The van der Waals surface area contributed by atoms with Gasteiger partial charge in [-0.15, -0.1) is 0 Å². The van der Waals surface area contributed by atoms with E-state index in [1.165, 1.54) is 62.5 Å². The van der Waals surface area contributed by atoms with Crippen LogP contribution in [-0.4, -0.2) is 6.54 Å². The maximum absolute atomic E-state index is 3.64. The molecule has 1 atom stereocenters. The van der Waals surface area contributed by atoms with Crippen molar-refractivity contribution in [1.82, 2.24) is 5.32 Å². The Bertz CT molecular complexity index is 345. The van der Waals surface area contributed by atoms with Gasteiger partial charge in [-0.3, -0.25) is 0 Å². The number of benzene rings is 1. The second kappa shape index (κ2) is 10.9. The van der Waals surface area contributed by atoms with E-state index in [2.05, 4.69) is 50.4 Å². The molecule has 1 N–H and O–H groups in total. The molecule has 20 heavy (non-hydrogen) atoms. The molecule has 114 valence electrons. The zero-order valence-electron chi connectivity index (χ0n) is 13.8. The third-order valence-corrected chi connectivity index (χ3v) is 4.02. The maximum atomic E-state index is 3.64. The van der Waals surface area contributed by atoms with Crippen LogP contribution in [0.1, 0.15) is 82.4 Å². The SMILES string of the molecule is CCCCCCCCCCN[C@@H](C)c1cccc(C)c1. The van der Waals surface area contributed by atoms with E-state index >= 15 is 0 Å². The summed E-state index contributed by atoms with van der Waals surface area (Å²) in [4.78, 5) is 0. The van der Waals surface area contributed by atoms with Gasteiger partial charge in [0.15, 0.2) is 0 Å². The molecule has 0 aromatic heterocycles. The number of nitrogens with one attached hydrogen (secondary N) is 1. The van der Waals surface area contributed by atoms with Crippen molar-refractivity contribution in [2.45, 2.75) is 78.2 Å². The van der Waals surface area contributed by atoms with Crippen LogP contribution in [0.4, 0.5) is 0 Å². The highest BCUT2D eigenvalue weighted by atomic mass is 14.9. The van der Waals surface area contributed by atoms with E-state index in [0.717, 1.165) is 6.54 Å². The van der Waals surface area contributed by atoms with Gasteiger partial charge in [0.1, 0.15) is 0 Å². The Labute approximate surface area is 126 Å². The summed E-state index contributed by atoms with van der Waals surface area (Å²) in [7, 11) is 0. The second-order valence-electron chi connectivity index (χ2n) is 6.06. The molecule has 0 bridgehead atoms. The van der Waals surface area contributed by atoms with Crippen molar-refractivity contribution in [3.8, 4) is 0 Å². The number of hydrogen-bond acceptors (Lipinski definition) is 1. The van der Waals surface area contributed by atoms with Crippen LogP contribution in [0.25, 0.3) is 0 Å². The molecule has 0 radical (unpaired) electrons. The van der Waals surface area contributed by atoms with Gasteiger partial charge in [-0.25, -0.2) is 0 Å². The Morgan fingerprint density at radius 2 is 1.60 bits per heavy atom. The van der Waals surface area contributed by atoms with Crippen molar-refractivity contribution in [2.75, 3.05) is 6.54 Å². The molecule has 1 aromatic rings. The molecule has 0 unspecified atom stereocenters. The topological polar surface area (TPSA) is 12.0 Å². The molecule has 1 rings (SSSR count). The first-order chi connectivity index (χ1) is 9.74. The Balaban J connectivity index is 2.01. The van der Waals surface area contributed by atoms with Crippen LogP contribution >= 0.6 is 0 Å². The highest BCUT2D eigenvalue weighted by Crippen LogP contribution is 2.14. The van der Waals surface area contributed by atoms with Crippen molar-refractivity contribution >= 4 is 0 Å². The summed E-state index contributed by atoms with van der Waals surface area (Å²) in [5, 5.41) is 3.64. The van der Waals surface area contributed by atoms with Crippen LogP contribution in [0.2, 0.25) is 0 Å². The third-order valence-electron chi connectivity index (χ3n) is 4.02. The zero-order valence-corrected chi connectivity index (χ0v) is 13.8. The number of hydrogen-bond donors (Lipinski definition) is 1. The van der Waals surface area contributed by atoms with Crippen molar-refractivity contribution in [3.05, 3.63) is 35.4 Å². The molecular weight excluding hydrogens is 242 g/mol. The fourth-order valence-electron chi connectivity index (χ4n) is 2.63. The highest BCUT2D eigenvalue weighted by molar-refractivity contribution is 5.24. The zero-order chi connectivity index (χ0) is 14.6. The first kappa shape index (κ1) is 17.2. The summed E-state index contributed by atoms with van der Waals surface area (Å²) in [6.07, 6.45) is 11.1. The van der Waals surface area contributed by atoms with Crippen LogP contribution < -0.4 is 5.32 Å². The molecule has 1 aromatic carbocycles. The molecule has 0 saturated heterocycles. The molecule has 0 fully saturated rings. The summed E-state index contributed by atoms with van der Waals surface area (Å²) in [5.74, 6) is 0. The van der Waals surface area contributed by atoms with E-state index in [1.54, 1.807) is 0 Å². The van der Waals surface area contributed by atoms with Gasteiger partial charge in [0, 0.05) is 6.04 Å². The van der Waals surface area contributed by atoms with Crippen molar-refractivity contribution in [3.63, 3.8) is 0 Å². The van der Waals surface area contributed by atoms with Gasteiger partial charge < -0.3 is 5.32 Å². The standard InChI is InChI=1S/C19H33N/c1-4-5-6-7-8-9-10-11-15-20-18(3)19-14-12-13-17(2)16-19/h12-14,16,18,20H,4-11,15H2,1-3H3/t18-/m0/s1. The van der Waals surface area contributed by atoms with E-state index in [0.29, 0.717) is 6.04 Å². The minimum atomic E-state index is 0.472. The quantitative estimate of drug-likeness (QED) is 0.504. The second-order valence-corrected chi connectivity index (χ2v) is 6.06. The van der Waals surface area contributed by atoms with Gasteiger partial charge in [0.2, 0.25) is 0 Å². The van der Waals surface area contributed by atoms with E-state index in [1.807, 2.05) is 0 Å². The van der Waals surface area contributed by atoms with E-state index in [9.17, 15) is 0 Å². The van der Waals surface area contributed by atoms with E-state index in [-0.39, 0.29) is 0 Å². The third kappa shape index (κ3) is 7.69. The average Bonchev–Trinajstić information content (AvgIpc) is 2.45. The van der Waals surface area contributed by atoms with Crippen LogP contribution in [0.5, 0.6) is 0 Å². The summed E-state index contributed by atoms with van der Waals surface area (Å²) in [6.45, 7) is 7.85. The first-order valence-corrected chi connectivity index (χ1v) is 8.54. The smallest absolute Gasteiger partial charge is 0.0291 e. The lowest BCUT2D eigenvalue weighted by Gasteiger charge is -2.14. The summed E-state index contributed by atoms with van der Waals surface area (Å²) >= 11 is 0. The van der Waals surface area contributed by atoms with Gasteiger partial charge in [-0.1, -0.05) is 81.7 Å². The minimum absolute atomic E-state index is 0.472. The molecular formula is C19H33N. The lowest BCUT2D eigenvalue weighted by atomic mass is 10.1. The molecule has 1 nitrogen and oxygen atoms in total. The summed E-state index contributed by atoms with van der Waals surface area (Å²) < 4.78 is 0. The largest absolute Gasteiger partial charge is 0.310 e. The van der Waals surface area contributed by atoms with Gasteiger partial charge in [0.25, 0.3) is 0 Å². The monoisotopic (exact) mass is 275 g/mol. The Morgan fingerprint density at radius 1 is 0.950 bits per heavy atom. The van der Waals surface area contributed by atoms with E-state index in [4.69, 9.17) is 0 Å². The molecule has 0 heterocycles. The molecule has 0 saturated carbocycles. The lowest BCUT2D eigenvalue weighted by molar-refractivity contribution is 0.521. The Morgan fingerprint density at radius 3 is 2.25 bits per heavy atom. The molecule has 0 aliphatic carbocycles. The average molecular weight is 275 g/mol. The van der Waals surface area contributed by atoms with Gasteiger partial charge in [-0.2, -0.15) is 0 Å². The number of aryl methyl sites for hydroxylation is 1. The van der Waals surface area contributed by atoms with Crippen molar-refractivity contribution in [2.24, 2.45) is 0 Å². The summed E-state index contributed by atoms with van der Waals surface area (Å²) in [5.41, 5.74) is 2.76. The van der Waals surface area contributed by atoms with Crippen LogP contribution in [-0.2, 0) is 0 Å². The van der Waals surface area contributed by atoms with E-state index < -0.39 is 0 Å². The molecule has 0 amide bonds. The lowest BCUT2D eigenvalue weighted by Crippen LogP contribution is -2.19. The number of rotatable bonds is 11. The Kier molecular flexibility index (Phi) is 9.40. The Hall–Kier alpha value is -0.820. The van der Waals surface area contributed by atoms with Gasteiger partial charge >= 0.3 is 0 Å². The fraction of sp³-hybridized carbons (Fsp3) is 0.684. The van der Waals surface area contributed by atoms with Gasteiger partial charge in [0.05, 0.1) is 0 Å². The predicted molar refractivity (Wildman–Crippen MR) is 90.2 cm³/mol. The normalized spacial score (nSPS) is 12.6.